The lowest BCUT2D eigenvalue weighted by molar-refractivity contribution is 0.0636. The molecule has 1 amide bonds. The van der Waals surface area contributed by atoms with E-state index >= 15 is 0 Å². The molecule has 5 N–H and O–H groups in total. The summed E-state index contributed by atoms with van der Waals surface area (Å²) in [5.41, 5.74) is 5.66. The lowest BCUT2D eigenvalue weighted by Crippen LogP contribution is -2.27. The number of anilines is 1. The minimum atomic E-state index is -0.580. The molecular formula is C13H19N3O3. The summed E-state index contributed by atoms with van der Waals surface area (Å²) in [4.78, 5) is 11.6. The number of hydrogen-bond donors (Lipinski definition) is 4. The standard InChI is InChI=1S/C13H19N3O3/c1-13(2,3)19-12(18)16-9-4-5-10(17)8(6-9)7-11(14)15/h4-6,17H,7H2,1-3H3,(H3,14,15)(H,16,18). The van der Waals surface area contributed by atoms with E-state index in [1.165, 1.54) is 6.07 Å². The maximum absolute atomic E-state index is 11.6. The van der Waals surface area contributed by atoms with Crippen LogP contribution in [0.4, 0.5) is 10.5 Å². The van der Waals surface area contributed by atoms with Gasteiger partial charge in [0.2, 0.25) is 0 Å². The first kappa shape index (κ1) is 14.8. The molecule has 0 aliphatic carbocycles. The Labute approximate surface area is 112 Å². The number of rotatable bonds is 3. The molecule has 0 bridgehead atoms. The highest BCUT2D eigenvalue weighted by Gasteiger charge is 2.16. The molecule has 6 heteroatoms. The monoisotopic (exact) mass is 265 g/mol. The second kappa shape index (κ2) is 5.60. The van der Waals surface area contributed by atoms with E-state index in [9.17, 15) is 9.90 Å². The van der Waals surface area contributed by atoms with Crippen LogP contribution in [0.15, 0.2) is 18.2 Å². The average Bonchev–Trinajstić information content (AvgIpc) is 2.19. The van der Waals surface area contributed by atoms with Crippen molar-refractivity contribution in [2.75, 3.05) is 5.32 Å². The Balaban J connectivity index is 2.79. The average molecular weight is 265 g/mol. The van der Waals surface area contributed by atoms with Crippen molar-refractivity contribution in [2.24, 2.45) is 5.73 Å². The van der Waals surface area contributed by atoms with Crippen LogP contribution in [0.3, 0.4) is 0 Å². The molecule has 0 radical (unpaired) electrons. The Bertz CT molecular complexity index is 492. The first-order chi connectivity index (χ1) is 8.67. The van der Waals surface area contributed by atoms with E-state index < -0.39 is 11.7 Å². The summed E-state index contributed by atoms with van der Waals surface area (Å²) in [6.45, 7) is 5.31. The second-order valence-corrected chi connectivity index (χ2v) is 5.17. The number of phenolic OH excluding ortho intramolecular Hbond substituents is 1. The molecule has 0 saturated carbocycles. The summed E-state index contributed by atoms with van der Waals surface area (Å²) >= 11 is 0. The van der Waals surface area contributed by atoms with Crippen LogP contribution in [0.25, 0.3) is 0 Å². The number of hydrogen-bond acceptors (Lipinski definition) is 4. The fourth-order valence-corrected chi connectivity index (χ4v) is 1.43. The predicted molar refractivity (Wildman–Crippen MR) is 73.6 cm³/mol. The number of benzene rings is 1. The fraction of sp³-hybridized carbons (Fsp3) is 0.385. The van der Waals surface area contributed by atoms with Gasteiger partial charge in [0.05, 0.1) is 5.84 Å². The molecule has 0 aromatic heterocycles. The first-order valence-corrected chi connectivity index (χ1v) is 5.82. The molecule has 0 atom stereocenters. The highest BCUT2D eigenvalue weighted by molar-refractivity contribution is 5.86. The summed E-state index contributed by atoms with van der Waals surface area (Å²) in [5, 5.41) is 19.4. The highest BCUT2D eigenvalue weighted by Crippen LogP contribution is 2.22. The molecule has 0 fully saturated rings. The normalized spacial score (nSPS) is 10.9. The van der Waals surface area contributed by atoms with Gasteiger partial charge in [-0.3, -0.25) is 10.7 Å². The van der Waals surface area contributed by atoms with Gasteiger partial charge in [-0.2, -0.15) is 0 Å². The maximum Gasteiger partial charge on any atom is 0.412 e. The smallest absolute Gasteiger partial charge is 0.412 e. The molecule has 0 aliphatic heterocycles. The van der Waals surface area contributed by atoms with E-state index in [0.717, 1.165) is 0 Å². The number of carbonyl (C=O) groups excluding carboxylic acids is 1. The molecule has 1 aromatic rings. The predicted octanol–water partition coefficient (Wildman–Crippen LogP) is 2.22. The Morgan fingerprint density at radius 2 is 2.11 bits per heavy atom. The highest BCUT2D eigenvalue weighted by atomic mass is 16.6. The molecule has 104 valence electrons. The third-order valence-electron chi connectivity index (χ3n) is 2.11. The minimum Gasteiger partial charge on any atom is -0.508 e. The molecule has 1 rings (SSSR count). The van der Waals surface area contributed by atoms with Gasteiger partial charge >= 0.3 is 6.09 Å². The molecule has 0 aliphatic rings. The summed E-state index contributed by atoms with van der Waals surface area (Å²) in [7, 11) is 0. The van der Waals surface area contributed by atoms with Crippen molar-refractivity contribution in [3.8, 4) is 5.75 Å². The van der Waals surface area contributed by atoms with E-state index in [0.29, 0.717) is 11.3 Å². The van der Waals surface area contributed by atoms with Crippen LogP contribution in [0.1, 0.15) is 26.3 Å². The molecule has 6 nitrogen and oxygen atoms in total. The van der Waals surface area contributed by atoms with Crippen LogP contribution in [0.2, 0.25) is 0 Å². The Kier molecular flexibility index (Phi) is 4.37. The fourth-order valence-electron chi connectivity index (χ4n) is 1.43. The van der Waals surface area contributed by atoms with Gasteiger partial charge in [-0.15, -0.1) is 0 Å². The summed E-state index contributed by atoms with van der Waals surface area (Å²) in [6.07, 6.45) is -0.456. The molecule has 1 aromatic carbocycles. The number of amides is 1. The molecule has 0 saturated heterocycles. The molecule has 0 spiro atoms. The van der Waals surface area contributed by atoms with Crippen LogP contribution >= 0.6 is 0 Å². The van der Waals surface area contributed by atoms with Gasteiger partial charge in [-0.05, 0) is 39.0 Å². The van der Waals surface area contributed by atoms with E-state index in [-0.39, 0.29) is 18.0 Å². The van der Waals surface area contributed by atoms with Gasteiger partial charge < -0.3 is 15.6 Å². The number of amidine groups is 1. The van der Waals surface area contributed by atoms with E-state index in [4.69, 9.17) is 15.9 Å². The lowest BCUT2D eigenvalue weighted by Gasteiger charge is -2.19. The van der Waals surface area contributed by atoms with Gasteiger partial charge in [0.15, 0.2) is 0 Å². The van der Waals surface area contributed by atoms with Crippen LogP contribution < -0.4 is 11.1 Å². The maximum atomic E-state index is 11.6. The third-order valence-corrected chi connectivity index (χ3v) is 2.11. The van der Waals surface area contributed by atoms with Gasteiger partial charge in [0, 0.05) is 17.7 Å². The zero-order chi connectivity index (χ0) is 14.6. The number of aromatic hydroxyl groups is 1. The SMILES string of the molecule is CC(C)(C)OC(=O)Nc1ccc(O)c(CC(=N)N)c1. The van der Waals surface area contributed by atoms with E-state index in [1.54, 1.807) is 32.9 Å². The van der Waals surface area contributed by atoms with Crippen LogP contribution in [-0.2, 0) is 11.2 Å². The van der Waals surface area contributed by atoms with Gasteiger partial charge in [-0.25, -0.2) is 4.79 Å². The van der Waals surface area contributed by atoms with Crippen molar-refractivity contribution in [3.05, 3.63) is 23.8 Å². The van der Waals surface area contributed by atoms with Crippen molar-refractivity contribution in [2.45, 2.75) is 32.8 Å². The zero-order valence-electron chi connectivity index (χ0n) is 11.3. The zero-order valence-corrected chi connectivity index (χ0v) is 11.3. The quantitative estimate of drug-likeness (QED) is 0.381. The number of phenols is 1. The number of nitrogens with one attached hydrogen (secondary N) is 2. The number of carbonyl (C=O) groups is 1. The topological polar surface area (TPSA) is 108 Å². The molecule has 19 heavy (non-hydrogen) atoms. The summed E-state index contributed by atoms with van der Waals surface area (Å²) in [6, 6.07) is 4.54. The van der Waals surface area contributed by atoms with Gasteiger partial charge in [0.1, 0.15) is 11.4 Å². The molecule has 0 unspecified atom stereocenters. The van der Waals surface area contributed by atoms with Crippen molar-refractivity contribution >= 4 is 17.6 Å². The van der Waals surface area contributed by atoms with E-state index in [1.807, 2.05) is 0 Å². The number of ether oxygens (including phenoxy) is 1. The van der Waals surface area contributed by atoms with Crippen LogP contribution in [0, 0.1) is 5.41 Å². The lowest BCUT2D eigenvalue weighted by atomic mass is 10.1. The molecular weight excluding hydrogens is 246 g/mol. The Morgan fingerprint density at radius 1 is 1.47 bits per heavy atom. The largest absolute Gasteiger partial charge is 0.508 e. The Hall–Kier alpha value is -2.24. The van der Waals surface area contributed by atoms with Gasteiger partial charge in [-0.1, -0.05) is 0 Å². The minimum absolute atomic E-state index is 0.0324. The number of nitrogens with two attached hydrogens (primary N) is 1. The van der Waals surface area contributed by atoms with Crippen molar-refractivity contribution in [3.63, 3.8) is 0 Å². The van der Waals surface area contributed by atoms with Gasteiger partial charge in [0.25, 0.3) is 0 Å². The van der Waals surface area contributed by atoms with Crippen LogP contribution in [-0.4, -0.2) is 22.6 Å². The summed E-state index contributed by atoms with van der Waals surface area (Å²) < 4.78 is 5.11. The summed E-state index contributed by atoms with van der Waals surface area (Å²) in [5.74, 6) is -0.0327. The van der Waals surface area contributed by atoms with Crippen molar-refractivity contribution in [1.82, 2.24) is 0 Å². The van der Waals surface area contributed by atoms with Crippen molar-refractivity contribution < 1.29 is 14.6 Å². The first-order valence-electron chi connectivity index (χ1n) is 5.82. The van der Waals surface area contributed by atoms with Crippen LogP contribution in [0.5, 0.6) is 5.75 Å². The van der Waals surface area contributed by atoms with Crippen molar-refractivity contribution in [1.29, 1.82) is 5.41 Å². The van der Waals surface area contributed by atoms with E-state index in [2.05, 4.69) is 5.32 Å². The molecule has 0 heterocycles. The third kappa shape index (κ3) is 5.29. The Morgan fingerprint density at radius 3 is 2.63 bits per heavy atom. The second-order valence-electron chi connectivity index (χ2n) is 5.17.